The summed E-state index contributed by atoms with van der Waals surface area (Å²) >= 11 is 1.88. The normalized spacial score (nSPS) is 11.8. The van der Waals surface area contributed by atoms with E-state index in [0.717, 1.165) is 17.1 Å². The molecule has 276 valence electrons. The lowest BCUT2D eigenvalue weighted by molar-refractivity contribution is 1.32. The monoisotopic (exact) mass is 767 g/mol. The molecule has 1 nitrogen and oxygen atoms in total. The van der Waals surface area contributed by atoms with E-state index in [9.17, 15) is 0 Å². The first-order chi connectivity index (χ1) is 29.2. The highest BCUT2D eigenvalue weighted by Crippen LogP contribution is 2.51. The maximum absolute atomic E-state index is 2.50. The first-order valence-corrected chi connectivity index (χ1v) is 21.2. The Morgan fingerprint density at radius 1 is 0.305 bits per heavy atom. The van der Waals surface area contributed by atoms with Gasteiger partial charge in [0.25, 0.3) is 0 Å². The van der Waals surface area contributed by atoms with Crippen LogP contribution in [-0.2, 0) is 0 Å². The highest BCUT2D eigenvalue weighted by Gasteiger charge is 2.24. The van der Waals surface area contributed by atoms with Gasteiger partial charge in [0.2, 0.25) is 0 Å². The molecule has 11 aromatic carbocycles. The van der Waals surface area contributed by atoms with Crippen LogP contribution in [0.3, 0.4) is 0 Å². The van der Waals surface area contributed by atoms with Crippen LogP contribution >= 0.6 is 11.3 Å². The van der Waals surface area contributed by atoms with Crippen LogP contribution in [0.5, 0.6) is 0 Å². The third-order valence-corrected chi connectivity index (χ3v) is 13.5. The van der Waals surface area contributed by atoms with E-state index in [1.165, 1.54) is 102 Å². The molecule has 0 saturated heterocycles. The van der Waals surface area contributed by atoms with Crippen molar-refractivity contribution in [3.8, 4) is 22.3 Å². The number of thiophene rings is 1. The number of hydrogen-bond acceptors (Lipinski definition) is 2. The summed E-state index contributed by atoms with van der Waals surface area (Å²) in [6, 6.07) is 76.4. The fraction of sp³-hybridized carbons (Fsp3) is 0.0175. The van der Waals surface area contributed by atoms with Crippen molar-refractivity contribution < 1.29 is 0 Å². The maximum atomic E-state index is 2.50. The predicted molar refractivity (Wildman–Crippen MR) is 257 cm³/mol. The van der Waals surface area contributed by atoms with E-state index in [4.69, 9.17) is 0 Å². The molecule has 0 radical (unpaired) electrons. The van der Waals surface area contributed by atoms with Gasteiger partial charge in [-0.3, -0.25) is 0 Å². The van der Waals surface area contributed by atoms with Crippen molar-refractivity contribution in [3.63, 3.8) is 0 Å². The van der Waals surface area contributed by atoms with Crippen LogP contribution in [0.2, 0.25) is 0 Å². The molecule has 2 heteroatoms. The van der Waals surface area contributed by atoms with Crippen molar-refractivity contribution >= 4 is 102 Å². The molecule has 1 aromatic heterocycles. The number of benzene rings is 11. The van der Waals surface area contributed by atoms with Crippen molar-refractivity contribution in [2.24, 2.45) is 0 Å². The van der Waals surface area contributed by atoms with Gasteiger partial charge in [0.15, 0.2) is 0 Å². The third kappa shape index (κ3) is 5.17. The molecule has 0 fully saturated rings. The Morgan fingerprint density at radius 2 is 0.763 bits per heavy atom. The molecule has 0 atom stereocenters. The Kier molecular flexibility index (Phi) is 7.69. The molecule has 0 aliphatic heterocycles. The quantitative estimate of drug-likeness (QED) is 0.158. The zero-order valence-corrected chi connectivity index (χ0v) is 33.3. The molecule has 12 aromatic rings. The van der Waals surface area contributed by atoms with Gasteiger partial charge in [0.1, 0.15) is 0 Å². The average Bonchev–Trinajstić information content (AvgIpc) is 3.69. The third-order valence-electron chi connectivity index (χ3n) is 12.4. The summed E-state index contributed by atoms with van der Waals surface area (Å²) in [5, 5.41) is 15.1. The zero-order valence-electron chi connectivity index (χ0n) is 32.5. The highest BCUT2D eigenvalue weighted by atomic mass is 32.1. The molecule has 12 rings (SSSR count). The molecule has 0 N–H and O–H groups in total. The summed E-state index contributed by atoms with van der Waals surface area (Å²) in [6.07, 6.45) is 0. The summed E-state index contributed by atoms with van der Waals surface area (Å²) < 4.78 is 2.64. The van der Waals surface area contributed by atoms with Crippen molar-refractivity contribution in [2.45, 2.75) is 6.92 Å². The Labute approximate surface area is 346 Å². The van der Waals surface area contributed by atoms with Gasteiger partial charge in [-0.1, -0.05) is 176 Å². The van der Waals surface area contributed by atoms with E-state index in [2.05, 4.69) is 218 Å². The molecular formula is C57H37NS. The summed E-state index contributed by atoms with van der Waals surface area (Å²) in [5.41, 5.74) is 9.82. The van der Waals surface area contributed by atoms with Crippen LogP contribution in [0.15, 0.2) is 206 Å². The fourth-order valence-electron chi connectivity index (χ4n) is 9.81. The van der Waals surface area contributed by atoms with Gasteiger partial charge >= 0.3 is 0 Å². The van der Waals surface area contributed by atoms with E-state index in [1.54, 1.807) is 0 Å². The summed E-state index contributed by atoms with van der Waals surface area (Å²) in [6.45, 7) is 2.21. The van der Waals surface area contributed by atoms with E-state index in [1.807, 2.05) is 11.3 Å². The van der Waals surface area contributed by atoms with Crippen molar-refractivity contribution in [3.05, 3.63) is 212 Å². The van der Waals surface area contributed by atoms with E-state index >= 15 is 0 Å². The van der Waals surface area contributed by atoms with E-state index in [-0.39, 0.29) is 0 Å². The predicted octanol–water partition coefficient (Wildman–Crippen LogP) is 16.9. The van der Waals surface area contributed by atoms with Crippen molar-refractivity contribution in [1.29, 1.82) is 0 Å². The minimum absolute atomic E-state index is 1.15. The molecule has 0 aliphatic rings. The SMILES string of the molecule is Cc1ccc(N(c2cccc3ccccc23)c2ccc(-c3c4ccccc4c(-c4cccc5sc6ccccc6c45)c4ccccc34)c3ccccc23)c2ccccc12. The molecule has 1 heterocycles. The fourth-order valence-corrected chi connectivity index (χ4v) is 10.9. The highest BCUT2D eigenvalue weighted by molar-refractivity contribution is 7.26. The molecule has 0 aliphatic carbocycles. The smallest absolute Gasteiger partial charge is 0.0540 e. The Balaban J connectivity index is 1.16. The number of hydrogen-bond donors (Lipinski definition) is 0. The lowest BCUT2D eigenvalue weighted by Gasteiger charge is -2.30. The van der Waals surface area contributed by atoms with Gasteiger partial charge in [0.05, 0.1) is 17.1 Å². The summed E-state index contributed by atoms with van der Waals surface area (Å²) in [4.78, 5) is 2.50. The lowest BCUT2D eigenvalue weighted by Crippen LogP contribution is -2.12. The minimum Gasteiger partial charge on any atom is -0.309 e. The molecule has 0 amide bonds. The molecule has 0 unspecified atom stereocenters. The molecule has 0 saturated carbocycles. The van der Waals surface area contributed by atoms with E-state index < -0.39 is 0 Å². The number of nitrogens with zero attached hydrogens (tertiary/aromatic N) is 1. The Morgan fingerprint density at radius 3 is 1.46 bits per heavy atom. The van der Waals surface area contributed by atoms with Crippen molar-refractivity contribution in [2.75, 3.05) is 4.90 Å². The summed E-state index contributed by atoms with van der Waals surface area (Å²) in [7, 11) is 0. The topological polar surface area (TPSA) is 3.24 Å². The van der Waals surface area contributed by atoms with Gasteiger partial charge < -0.3 is 4.90 Å². The van der Waals surface area contributed by atoms with Crippen LogP contribution in [0.25, 0.3) is 96.3 Å². The minimum atomic E-state index is 1.15. The second-order valence-electron chi connectivity index (χ2n) is 15.6. The number of rotatable bonds is 5. The largest absolute Gasteiger partial charge is 0.309 e. The van der Waals surface area contributed by atoms with Gasteiger partial charge in [0, 0.05) is 36.3 Å². The van der Waals surface area contributed by atoms with E-state index in [0.29, 0.717) is 0 Å². The lowest BCUT2D eigenvalue weighted by atomic mass is 9.83. The molecular weight excluding hydrogens is 731 g/mol. The first-order valence-electron chi connectivity index (χ1n) is 20.4. The first kappa shape index (κ1) is 33.8. The maximum Gasteiger partial charge on any atom is 0.0540 e. The van der Waals surface area contributed by atoms with Gasteiger partial charge in [-0.05, 0) is 103 Å². The van der Waals surface area contributed by atoms with Crippen LogP contribution < -0.4 is 4.90 Å². The molecule has 59 heavy (non-hydrogen) atoms. The number of fused-ring (bicyclic) bond motifs is 8. The zero-order chi connectivity index (χ0) is 39.0. The van der Waals surface area contributed by atoms with Gasteiger partial charge in [-0.15, -0.1) is 11.3 Å². The van der Waals surface area contributed by atoms with Crippen LogP contribution in [-0.4, -0.2) is 0 Å². The van der Waals surface area contributed by atoms with Crippen molar-refractivity contribution in [1.82, 2.24) is 0 Å². The second kappa shape index (κ2) is 13.4. The standard InChI is InChI=1S/C57H37NS/c1-36-32-34-51(41-21-6-4-18-38(36)41)58(50-29-14-17-37-16-2-3-19-39(37)50)52-35-33-47(40-20-5-7-22-42(40)52)55-43-23-8-10-25-45(43)56(46-26-11-9-24-44(46)55)49-28-15-31-54-57(49)48-27-12-13-30-53(48)59-54/h2-35H,1H3. The van der Waals surface area contributed by atoms with Crippen LogP contribution in [0.4, 0.5) is 17.1 Å². The van der Waals surface area contributed by atoms with Gasteiger partial charge in [-0.25, -0.2) is 0 Å². The van der Waals surface area contributed by atoms with Gasteiger partial charge in [-0.2, -0.15) is 0 Å². The van der Waals surface area contributed by atoms with Crippen LogP contribution in [0, 0.1) is 6.92 Å². The number of aryl methyl sites for hydroxylation is 1. The molecule has 0 bridgehead atoms. The second-order valence-corrected chi connectivity index (χ2v) is 16.7. The average molecular weight is 768 g/mol. The van der Waals surface area contributed by atoms with Crippen LogP contribution in [0.1, 0.15) is 5.56 Å². The summed E-state index contributed by atoms with van der Waals surface area (Å²) in [5.74, 6) is 0. The molecule has 0 spiro atoms. The number of anilines is 3. The Bertz CT molecular complexity index is 3590. The Hall–Kier alpha value is -7.26.